The lowest BCUT2D eigenvalue weighted by Crippen LogP contribution is -1.96. The van der Waals surface area contributed by atoms with Crippen molar-refractivity contribution in [3.8, 4) is 28.4 Å². The number of phenols is 2. The van der Waals surface area contributed by atoms with Crippen LogP contribution in [0.15, 0.2) is 138 Å². The number of aliphatic imine (C=N–C) groups is 1. The Morgan fingerprint density at radius 3 is 2.21 bits per heavy atom. The van der Waals surface area contributed by atoms with Crippen LogP contribution in [0, 0.1) is 0 Å². The molecule has 0 atom stereocenters. The van der Waals surface area contributed by atoms with E-state index in [-0.39, 0.29) is 11.5 Å². The Morgan fingerprint density at radius 1 is 0.628 bits per heavy atom. The maximum atomic E-state index is 12.0. The number of hydrogen-bond donors (Lipinski definition) is 2. The average molecular weight is 556 g/mol. The van der Waals surface area contributed by atoms with E-state index in [1.165, 1.54) is 0 Å². The summed E-state index contributed by atoms with van der Waals surface area (Å²) in [5, 5.41) is 28.1. The zero-order valence-electron chi connectivity index (χ0n) is 23.0. The molecule has 204 valence electrons. The van der Waals surface area contributed by atoms with Crippen LogP contribution < -0.4 is 0 Å². The molecular weight excluding hydrogens is 530 g/mol. The smallest absolute Gasteiger partial charge is 0.149 e. The van der Waals surface area contributed by atoms with Gasteiger partial charge in [0.25, 0.3) is 0 Å². The first-order chi connectivity index (χ1) is 21.2. The summed E-state index contributed by atoms with van der Waals surface area (Å²) in [6.45, 7) is 0. The maximum Gasteiger partial charge on any atom is 0.149 e. The zero-order valence-corrected chi connectivity index (χ0v) is 23.0. The van der Waals surface area contributed by atoms with Gasteiger partial charge in [-0.25, -0.2) is 4.98 Å². The van der Waals surface area contributed by atoms with Gasteiger partial charge in [0.2, 0.25) is 0 Å². The largest absolute Gasteiger partial charge is 0.507 e. The van der Waals surface area contributed by atoms with E-state index in [9.17, 15) is 10.2 Å². The lowest BCUT2D eigenvalue weighted by Gasteiger charge is -2.13. The van der Waals surface area contributed by atoms with Crippen LogP contribution in [-0.4, -0.2) is 26.0 Å². The van der Waals surface area contributed by atoms with Gasteiger partial charge in [0.1, 0.15) is 11.5 Å². The fraction of sp³-hybridized carbons (Fsp3) is 0. The minimum Gasteiger partial charge on any atom is -0.507 e. The Balaban J connectivity index is 1.36. The van der Waals surface area contributed by atoms with Gasteiger partial charge in [0, 0.05) is 32.8 Å². The molecule has 2 N–H and O–H groups in total. The summed E-state index contributed by atoms with van der Waals surface area (Å²) in [5.41, 5.74) is 5.34. The van der Waals surface area contributed by atoms with Crippen molar-refractivity contribution in [2.45, 2.75) is 0 Å². The van der Waals surface area contributed by atoms with E-state index in [1.807, 2.05) is 109 Å². The van der Waals surface area contributed by atoms with Crippen molar-refractivity contribution < 1.29 is 10.2 Å². The molecule has 8 rings (SSSR count). The van der Waals surface area contributed by atoms with E-state index in [0.29, 0.717) is 28.0 Å². The number of hydrogen-bond acceptors (Lipinski definition) is 4. The first-order valence-corrected chi connectivity index (χ1v) is 14.1. The van der Waals surface area contributed by atoms with Crippen molar-refractivity contribution in [2.75, 3.05) is 0 Å². The van der Waals surface area contributed by atoms with Crippen LogP contribution in [0.4, 0.5) is 5.69 Å². The summed E-state index contributed by atoms with van der Waals surface area (Å²) >= 11 is 0. The third-order valence-corrected chi connectivity index (χ3v) is 8.04. The molecule has 2 aromatic heterocycles. The standard InChI is InChI=1S/C38H25N3O2/c42-34-19-9-12-24-11-8-17-32(35(24)34)39-23-26-22-25-10-4-5-15-28(25)36(40-26)31-21-20-30-29-16-6-7-18-33(29)41(37(30)38(31)43)27-13-2-1-3-14-27/h1-23,42-43H. The zero-order chi connectivity index (χ0) is 28.9. The molecule has 0 spiro atoms. The summed E-state index contributed by atoms with van der Waals surface area (Å²) in [5.74, 6) is 0.354. The van der Waals surface area contributed by atoms with E-state index < -0.39 is 0 Å². The molecule has 5 heteroatoms. The highest BCUT2D eigenvalue weighted by atomic mass is 16.3. The van der Waals surface area contributed by atoms with Gasteiger partial charge in [0.15, 0.2) is 0 Å². The molecule has 0 unspecified atom stereocenters. The van der Waals surface area contributed by atoms with Crippen LogP contribution in [0.1, 0.15) is 5.69 Å². The Kier molecular flexibility index (Phi) is 5.69. The van der Waals surface area contributed by atoms with E-state index in [0.717, 1.165) is 43.7 Å². The van der Waals surface area contributed by atoms with Gasteiger partial charge in [0.05, 0.1) is 34.3 Å². The molecule has 0 fully saturated rings. The summed E-state index contributed by atoms with van der Waals surface area (Å²) in [4.78, 5) is 9.78. The third-order valence-electron chi connectivity index (χ3n) is 8.04. The Labute approximate surface area is 247 Å². The topological polar surface area (TPSA) is 70.6 Å². The fourth-order valence-corrected chi connectivity index (χ4v) is 6.11. The van der Waals surface area contributed by atoms with Crippen LogP contribution in [-0.2, 0) is 0 Å². The Morgan fingerprint density at radius 2 is 1.35 bits per heavy atom. The van der Waals surface area contributed by atoms with Crippen molar-refractivity contribution in [3.05, 3.63) is 139 Å². The van der Waals surface area contributed by atoms with Crippen LogP contribution >= 0.6 is 0 Å². The second-order valence-corrected chi connectivity index (χ2v) is 10.6. The SMILES string of the molecule is Oc1cccc2cccc(N=Cc3cc4ccccc4c(-c4ccc5c6ccccc6n(-c6ccccc6)c5c4O)n3)c12. The first-order valence-electron chi connectivity index (χ1n) is 14.1. The van der Waals surface area contributed by atoms with E-state index in [2.05, 4.69) is 22.8 Å². The molecule has 0 radical (unpaired) electrons. The number of aromatic nitrogens is 2. The molecule has 8 aromatic rings. The third kappa shape index (κ3) is 4.02. The van der Waals surface area contributed by atoms with E-state index >= 15 is 0 Å². The monoisotopic (exact) mass is 555 g/mol. The Hall–Kier alpha value is -5.94. The predicted octanol–water partition coefficient (Wildman–Crippen LogP) is 9.31. The van der Waals surface area contributed by atoms with Gasteiger partial charge in [-0.1, -0.05) is 91.0 Å². The van der Waals surface area contributed by atoms with Crippen LogP contribution in [0.25, 0.3) is 60.3 Å². The van der Waals surface area contributed by atoms with Gasteiger partial charge >= 0.3 is 0 Å². The molecule has 0 aliphatic carbocycles. The van der Waals surface area contributed by atoms with Crippen molar-refractivity contribution in [1.82, 2.24) is 9.55 Å². The van der Waals surface area contributed by atoms with Crippen molar-refractivity contribution in [3.63, 3.8) is 0 Å². The molecular formula is C38H25N3O2. The minimum atomic E-state index is 0.170. The average Bonchev–Trinajstić information content (AvgIpc) is 3.39. The first kappa shape index (κ1) is 24.8. The summed E-state index contributed by atoms with van der Waals surface area (Å²) in [6, 6.07) is 43.6. The summed E-state index contributed by atoms with van der Waals surface area (Å²) in [7, 11) is 0. The molecule has 2 heterocycles. The molecule has 0 amide bonds. The molecule has 0 aliphatic rings. The van der Waals surface area contributed by atoms with Crippen LogP contribution in [0.3, 0.4) is 0 Å². The van der Waals surface area contributed by atoms with Gasteiger partial charge in [-0.05, 0) is 53.2 Å². The highest BCUT2D eigenvalue weighted by Gasteiger charge is 2.20. The predicted molar refractivity (Wildman–Crippen MR) is 176 cm³/mol. The van der Waals surface area contributed by atoms with E-state index in [4.69, 9.17) is 9.98 Å². The van der Waals surface area contributed by atoms with Gasteiger partial charge in [-0.2, -0.15) is 0 Å². The highest BCUT2D eigenvalue weighted by molar-refractivity contribution is 6.14. The summed E-state index contributed by atoms with van der Waals surface area (Å²) in [6.07, 6.45) is 1.72. The highest BCUT2D eigenvalue weighted by Crippen LogP contribution is 2.43. The number of pyridine rings is 1. The second kappa shape index (κ2) is 9.86. The van der Waals surface area contributed by atoms with Crippen molar-refractivity contribution >= 4 is 55.3 Å². The lowest BCUT2D eigenvalue weighted by atomic mass is 10.0. The van der Waals surface area contributed by atoms with Gasteiger partial charge in [-0.3, -0.25) is 4.99 Å². The molecule has 6 aromatic carbocycles. The number of phenolic OH excluding ortho intramolecular Hbond substituents is 2. The number of aromatic hydroxyl groups is 2. The number of rotatable bonds is 4. The molecule has 0 saturated carbocycles. The summed E-state index contributed by atoms with van der Waals surface area (Å²) < 4.78 is 2.12. The molecule has 0 saturated heterocycles. The van der Waals surface area contributed by atoms with Crippen molar-refractivity contribution in [2.24, 2.45) is 4.99 Å². The van der Waals surface area contributed by atoms with Crippen molar-refractivity contribution in [1.29, 1.82) is 0 Å². The molecule has 43 heavy (non-hydrogen) atoms. The second-order valence-electron chi connectivity index (χ2n) is 10.6. The van der Waals surface area contributed by atoms with E-state index in [1.54, 1.807) is 12.3 Å². The maximum absolute atomic E-state index is 12.0. The quantitative estimate of drug-likeness (QED) is 0.213. The number of fused-ring (bicyclic) bond motifs is 5. The number of benzene rings is 6. The Bertz CT molecular complexity index is 2370. The van der Waals surface area contributed by atoms with Crippen LogP contribution in [0.5, 0.6) is 11.5 Å². The lowest BCUT2D eigenvalue weighted by molar-refractivity contribution is 0.481. The normalized spacial score (nSPS) is 11.8. The molecule has 0 aliphatic heterocycles. The van der Waals surface area contributed by atoms with Gasteiger partial charge < -0.3 is 14.8 Å². The molecule has 5 nitrogen and oxygen atoms in total. The number of para-hydroxylation sites is 2. The molecule has 0 bridgehead atoms. The van der Waals surface area contributed by atoms with Gasteiger partial charge in [-0.15, -0.1) is 0 Å². The van der Waals surface area contributed by atoms with Crippen LogP contribution in [0.2, 0.25) is 0 Å². The number of nitrogens with zero attached hydrogens (tertiary/aromatic N) is 3. The fourth-order valence-electron chi connectivity index (χ4n) is 6.11. The minimum absolute atomic E-state index is 0.170.